The van der Waals surface area contributed by atoms with E-state index in [9.17, 15) is 4.79 Å². The summed E-state index contributed by atoms with van der Waals surface area (Å²) in [6.07, 6.45) is 5.60. The van der Waals surface area contributed by atoms with E-state index in [2.05, 4.69) is 36.6 Å². The molecule has 2 bridgehead atoms. The highest BCUT2D eigenvalue weighted by atomic mass is 16.2. The van der Waals surface area contributed by atoms with Gasteiger partial charge in [-0.1, -0.05) is 24.1 Å². The quantitative estimate of drug-likeness (QED) is 0.893. The molecule has 0 aromatic heterocycles. The molecule has 2 saturated carbocycles. The molecule has 0 radical (unpaired) electrons. The van der Waals surface area contributed by atoms with Crippen LogP contribution < -0.4 is 10.6 Å². The lowest BCUT2D eigenvalue weighted by Crippen LogP contribution is -2.40. The Labute approximate surface area is 126 Å². The van der Waals surface area contributed by atoms with Gasteiger partial charge >= 0.3 is 0 Å². The number of amides is 1. The van der Waals surface area contributed by atoms with Crippen LogP contribution >= 0.6 is 0 Å². The van der Waals surface area contributed by atoms with E-state index in [-0.39, 0.29) is 11.9 Å². The van der Waals surface area contributed by atoms with Crippen LogP contribution in [0.25, 0.3) is 0 Å². The molecule has 3 heteroatoms. The van der Waals surface area contributed by atoms with Gasteiger partial charge in [-0.3, -0.25) is 10.1 Å². The Morgan fingerprint density at radius 1 is 1.29 bits per heavy atom. The average molecular weight is 284 g/mol. The second-order valence-corrected chi connectivity index (χ2v) is 7.31. The summed E-state index contributed by atoms with van der Waals surface area (Å²) in [6.45, 7) is 4.35. The Morgan fingerprint density at radius 2 is 2.14 bits per heavy atom. The number of rotatable bonds is 3. The van der Waals surface area contributed by atoms with Gasteiger partial charge in [0.25, 0.3) is 0 Å². The molecule has 112 valence electrons. The first-order chi connectivity index (χ1) is 10.1. The van der Waals surface area contributed by atoms with Gasteiger partial charge in [-0.2, -0.15) is 0 Å². The first-order valence-corrected chi connectivity index (χ1v) is 8.29. The highest BCUT2D eigenvalue weighted by Gasteiger charge is 2.43. The number of anilines is 1. The lowest BCUT2D eigenvalue weighted by molar-refractivity contribution is -0.118. The molecule has 21 heavy (non-hydrogen) atoms. The van der Waals surface area contributed by atoms with Gasteiger partial charge in [0.05, 0.1) is 0 Å². The van der Waals surface area contributed by atoms with Crippen molar-refractivity contribution in [1.29, 1.82) is 0 Å². The van der Waals surface area contributed by atoms with Crippen LogP contribution in [0.3, 0.4) is 0 Å². The monoisotopic (exact) mass is 284 g/mol. The zero-order valence-corrected chi connectivity index (χ0v) is 12.9. The van der Waals surface area contributed by atoms with Crippen LogP contribution in [-0.4, -0.2) is 11.9 Å². The Balaban J connectivity index is 1.52. The number of fused-ring (bicyclic) bond motifs is 3. The van der Waals surface area contributed by atoms with E-state index >= 15 is 0 Å². The summed E-state index contributed by atoms with van der Waals surface area (Å²) in [4.78, 5) is 12.3. The van der Waals surface area contributed by atoms with E-state index < -0.39 is 0 Å². The minimum absolute atomic E-state index is 0.102. The summed E-state index contributed by atoms with van der Waals surface area (Å²) >= 11 is 0. The number of hydrogen-bond acceptors (Lipinski definition) is 2. The van der Waals surface area contributed by atoms with E-state index in [4.69, 9.17) is 0 Å². The SMILES string of the molecule is Cc1ccc2c(c1)C(NC(C)C1CC3CCC1C3)C(=O)N2. The maximum Gasteiger partial charge on any atom is 0.246 e. The number of carbonyl (C=O) groups is 1. The van der Waals surface area contributed by atoms with Crippen molar-refractivity contribution in [2.75, 3.05) is 5.32 Å². The molecule has 2 aliphatic carbocycles. The molecule has 4 rings (SSSR count). The number of carbonyl (C=O) groups excluding carboxylic acids is 1. The average Bonchev–Trinajstić information content (AvgIpc) is 3.15. The van der Waals surface area contributed by atoms with Crippen molar-refractivity contribution in [3.63, 3.8) is 0 Å². The van der Waals surface area contributed by atoms with Crippen LogP contribution in [0, 0.1) is 24.7 Å². The molecule has 3 nitrogen and oxygen atoms in total. The molecule has 5 unspecified atom stereocenters. The van der Waals surface area contributed by atoms with Crippen LogP contribution in [0.15, 0.2) is 18.2 Å². The molecular weight excluding hydrogens is 260 g/mol. The standard InChI is InChI=1S/C18H24N2O/c1-10-3-6-16-15(7-10)17(18(21)20-16)19-11(2)14-9-12-4-5-13(14)8-12/h3,6-7,11-14,17,19H,4-5,8-9H2,1-2H3,(H,20,21). The van der Waals surface area contributed by atoms with Crippen molar-refractivity contribution in [2.45, 2.75) is 51.6 Å². The fraction of sp³-hybridized carbons (Fsp3) is 0.611. The molecule has 1 aromatic carbocycles. The molecule has 1 aromatic rings. The molecule has 0 saturated heterocycles. The topological polar surface area (TPSA) is 41.1 Å². The summed E-state index contributed by atoms with van der Waals surface area (Å²) in [7, 11) is 0. The molecule has 1 heterocycles. The summed E-state index contributed by atoms with van der Waals surface area (Å²) in [5.41, 5.74) is 3.31. The molecule has 2 fully saturated rings. The van der Waals surface area contributed by atoms with Gasteiger partial charge in [0, 0.05) is 17.3 Å². The molecule has 2 N–H and O–H groups in total. The maximum atomic E-state index is 12.3. The molecule has 5 atom stereocenters. The van der Waals surface area contributed by atoms with E-state index in [0.29, 0.717) is 6.04 Å². The van der Waals surface area contributed by atoms with Crippen LogP contribution in [0.5, 0.6) is 0 Å². The predicted molar refractivity (Wildman–Crippen MR) is 84.1 cm³/mol. The Bertz CT molecular complexity index is 583. The Hall–Kier alpha value is -1.35. The van der Waals surface area contributed by atoms with Gasteiger partial charge in [0.1, 0.15) is 6.04 Å². The highest BCUT2D eigenvalue weighted by Crippen LogP contribution is 2.49. The van der Waals surface area contributed by atoms with Crippen LogP contribution in [0.4, 0.5) is 5.69 Å². The van der Waals surface area contributed by atoms with Crippen LogP contribution in [0.2, 0.25) is 0 Å². The van der Waals surface area contributed by atoms with Crippen molar-refractivity contribution in [3.05, 3.63) is 29.3 Å². The number of hydrogen-bond donors (Lipinski definition) is 2. The van der Waals surface area contributed by atoms with E-state index in [1.807, 2.05) is 6.07 Å². The van der Waals surface area contributed by atoms with E-state index in [1.54, 1.807) is 0 Å². The summed E-state index contributed by atoms with van der Waals surface area (Å²) < 4.78 is 0. The van der Waals surface area contributed by atoms with Crippen molar-refractivity contribution in [1.82, 2.24) is 5.32 Å². The maximum absolute atomic E-state index is 12.3. The smallest absolute Gasteiger partial charge is 0.246 e. The molecule has 1 amide bonds. The van der Waals surface area contributed by atoms with Gasteiger partial charge in [0.15, 0.2) is 0 Å². The van der Waals surface area contributed by atoms with Gasteiger partial charge in [-0.15, -0.1) is 0 Å². The van der Waals surface area contributed by atoms with E-state index in [1.165, 1.54) is 31.2 Å². The van der Waals surface area contributed by atoms with E-state index in [0.717, 1.165) is 29.0 Å². The van der Waals surface area contributed by atoms with Crippen LogP contribution in [0.1, 0.15) is 49.8 Å². The second-order valence-electron chi connectivity index (χ2n) is 7.31. The van der Waals surface area contributed by atoms with Crippen molar-refractivity contribution >= 4 is 11.6 Å². The van der Waals surface area contributed by atoms with Crippen molar-refractivity contribution in [3.8, 4) is 0 Å². The van der Waals surface area contributed by atoms with Gasteiger partial charge in [-0.05, 0) is 56.9 Å². The summed E-state index contributed by atoms with van der Waals surface area (Å²) in [5.74, 6) is 2.70. The first kappa shape index (κ1) is 13.3. The van der Waals surface area contributed by atoms with Gasteiger partial charge in [0.2, 0.25) is 5.91 Å². The largest absolute Gasteiger partial charge is 0.324 e. The highest BCUT2D eigenvalue weighted by molar-refractivity contribution is 6.02. The van der Waals surface area contributed by atoms with Gasteiger partial charge < -0.3 is 5.32 Å². The normalized spacial score (nSPS) is 34.9. The zero-order valence-electron chi connectivity index (χ0n) is 12.9. The van der Waals surface area contributed by atoms with Crippen molar-refractivity contribution < 1.29 is 4.79 Å². The van der Waals surface area contributed by atoms with Crippen LogP contribution in [-0.2, 0) is 4.79 Å². The fourth-order valence-electron chi connectivity index (χ4n) is 4.84. The molecule has 0 spiro atoms. The minimum atomic E-state index is -0.172. The molecule has 3 aliphatic rings. The predicted octanol–water partition coefficient (Wildman–Crippen LogP) is 3.40. The Morgan fingerprint density at radius 3 is 2.86 bits per heavy atom. The number of aryl methyl sites for hydroxylation is 1. The zero-order chi connectivity index (χ0) is 14.6. The minimum Gasteiger partial charge on any atom is -0.324 e. The summed E-state index contributed by atoms with van der Waals surface area (Å²) in [6, 6.07) is 6.46. The molecule has 1 aliphatic heterocycles. The lowest BCUT2D eigenvalue weighted by atomic mass is 9.83. The summed E-state index contributed by atoms with van der Waals surface area (Å²) in [5, 5.41) is 6.63. The lowest BCUT2D eigenvalue weighted by Gasteiger charge is -2.30. The van der Waals surface area contributed by atoms with Crippen molar-refractivity contribution in [2.24, 2.45) is 17.8 Å². The number of nitrogens with one attached hydrogen (secondary N) is 2. The second kappa shape index (κ2) is 4.84. The van der Waals surface area contributed by atoms with Gasteiger partial charge in [-0.25, -0.2) is 0 Å². The molecular formula is C18H24N2O. The third-order valence-electron chi connectivity index (χ3n) is 5.90. The first-order valence-electron chi connectivity index (χ1n) is 8.29. The third kappa shape index (κ3) is 2.18. The Kier molecular flexibility index (Phi) is 3.07. The fourth-order valence-corrected chi connectivity index (χ4v) is 4.84. The number of benzene rings is 1. The third-order valence-corrected chi connectivity index (χ3v) is 5.90.